The Kier molecular flexibility index (Phi) is 2.75. The maximum absolute atomic E-state index is 12.4. The average molecular weight is 269 g/mol. The highest BCUT2D eigenvalue weighted by molar-refractivity contribution is 5.93. The zero-order valence-corrected chi connectivity index (χ0v) is 10.7. The SMILES string of the molecule is CCc1ccc2oc3cc(C(=O)O)cnc3c(=O)c2c1. The van der Waals surface area contributed by atoms with Gasteiger partial charge in [-0.15, -0.1) is 0 Å². The third kappa shape index (κ3) is 1.84. The van der Waals surface area contributed by atoms with Gasteiger partial charge in [0.25, 0.3) is 0 Å². The molecule has 0 saturated carbocycles. The van der Waals surface area contributed by atoms with Gasteiger partial charge in [-0.3, -0.25) is 4.79 Å². The van der Waals surface area contributed by atoms with Gasteiger partial charge in [-0.2, -0.15) is 0 Å². The Morgan fingerprint density at radius 1 is 1.30 bits per heavy atom. The highest BCUT2D eigenvalue weighted by Gasteiger charge is 2.12. The number of pyridine rings is 1. The molecule has 100 valence electrons. The molecule has 1 N–H and O–H groups in total. The zero-order chi connectivity index (χ0) is 14.3. The topological polar surface area (TPSA) is 80.4 Å². The van der Waals surface area contributed by atoms with E-state index in [0.29, 0.717) is 11.0 Å². The molecule has 0 amide bonds. The first-order chi connectivity index (χ1) is 9.60. The van der Waals surface area contributed by atoms with Crippen molar-refractivity contribution >= 4 is 28.0 Å². The number of carbonyl (C=O) groups is 1. The second kappa shape index (κ2) is 4.45. The predicted octanol–water partition coefficient (Wildman–Crippen LogP) is 2.60. The van der Waals surface area contributed by atoms with Crippen LogP contribution in [0.4, 0.5) is 0 Å². The minimum absolute atomic E-state index is 0.00909. The van der Waals surface area contributed by atoms with Gasteiger partial charge >= 0.3 is 5.97 Å². The molecule has 0 aliphatic heterocycles. The van der Waals surface area contributed by atoms with Crippen molar-refractivity contribution in [3.8, 4) is 0 Å². The van der Waals surface area contributed by atoms with Gasteiger partial charge in [0.1, 0.15) is 5.58 Å². The molecule has 0 fully saturated rings. The summed E-state index contributed by atoms with van der Waals surface area (Å²) in [5, 5.41) is 9.40. The number of hydrogen-bond donors (Lipinski definition) is 1. The van der Waals surface area contributed by atoms with E-state index in [9.17, 15) is 9.59 Å². The molecule has 2 aromatic heterocycles. The number of fused-ring (bicyclic) bond motifs is 2. The number of aromatic nitrogens is 1. The summed E-state index contributed by atoms with van der Waals surface area (Å²) < 4.78 is 5.59. The largest absolute Gasteiger partial charge is 0.478 e. The molecular formula is C15H11NO4. The molecule has 0 spiro atoms. The lowest BCUT2D eigenvalue weighted by Gasteiger charge is -2.03. The summed E-state index contributed by atoms with van der Waals surface area (Å²) >= 11 is 0. The van der Waals surface area contributed by atoms with E-state index in [2.05, 4.69) is 4.98 Å². The molecule has 5 heteroatoms. The molecule has 0 unspecified atom stereocenters. The lowest BCUT2D eigenvalue weighted by Crippen LogP contribution is -2.06. The van der Waals surface area contributed by atoms with E-state index >= 15 is 0 Å². The highest BCUT2D eigenvalue weighted by Crippen LogP contribution is 2.19. The lowest BCUT2D eigenvalue weighted by atomic mass is 10.1. The molecule has 0 radical (unpaired) electrons. The van der Waals surface area contributed by atoms with Crippen molar-refractivity contribution in [3.05, 3.63) is 51.8 Å². The number of aromatic carboxylic acids is 1. The molecule has 3 rings (SSSR count). The van der Waals surface area contributed by atoms with Crippen LogP contribution in [0.1, 0.15) is 22.8 Å². The summed E-state index contributed by atoms with van der Waals surface area (Å²) in [5.41, 5.74) is 1.55. The summed E-state index contributed by atoms with van der Waals surface area (Å²) in [7, 11) is 0. The standard InChI is InChI=1S/C15H11NO4/c1-2-8-3-4-11-10(5-8)14(17)13-12(20-11)6-9(7-16-13)15(18)19/h3-7H,2H2,1H3,(H,18,19). The van der Waals surface area contributed by atoms with Crippen molar-refractivity contribution in [3.63, 3.8) is 0 Å². The second-order valence-electron chi connectivity index (χ2n) is 4.49. The second-order valence-corrected chi connectivity index (χ2v) is 4.49. The maximum atomic E-state index is 12.4. The van der Waals surface area contributed by atoms with Crippen LogP contribution in [0, 0.1) is 0 Å². The minimum atomic E-state index is -1.11. The maximum Gasteiger partial charge on any atom is 0.337 e. The van der Waals surface area contributed by atoms with Crippen LogP contribution >= 0.6 is 0 Å². The first kappa shape index (κ1) is 12.3. The summed E-state index contributed by atoms with van der Waals surface area (Å²) in [5.74, 6) is -1.11. The van der Waals surface area contributed by atoms with E-state index in [4.69, 9.17) is 9.52 Å². The molecule has 0 aliphatic rings. The molecule has 5 nitrogen and oxygen atoms in total. The van der Waals surface area contributed by atoms with E-state index in [-0.39, 0.29) is 22.1 Å². The third-order valence-electron chi connectivity index (χ3n) is 3.23. The van der Waals surface area contributed by atoms with Crippen LogP contribution in [0.2, 0.25) is 0 Å². The fourth-order valence-corrected chi connectivity index (χ4v) is 2.12. The van der Waals surface area contributed by atoms with Crippen LogP contribution < -0.4 is 5.43 Å². The van der Waals surface area contributed by atoms with E-state index in [1.165, 1.54) is 6.07 Å². The predicted molar refractivity (Wildman–Crippen MR) is 74.1 cm³/mol. The Morgan fingerprint density at radius 3 is 2.80 bits per heavy atom. The summed E-state index contributed by atoms with van der Waals surface area (Å²) in [6.07, 6.45) is 1.98. The normalized spacial score (nSPS) is 11.1. The summed E-state index contributed by atoms with van der Waals surface area (Å²) in [6.45, 7) is 2.00. The van der Waals surface area contributed by atoms with E-state index in [0.717, 1.165) is 18.2 Å². The van der Waals surface area contributed by atoms with Crippen LogP contribution in [0.15, 0.2) is 39.7 Å². The lowest BCUT2D eigenvalue weighted by molar-refractivity contribution is 0.0696. The molecule has 0 saturated heterocycles. The van der Waals surface area contributed by atoms with Crippen molar-refractivity contribution < 1.29 is 14.3 Å². The van der Waals surface area contributed by atoms with E-state index in [1.807, 2.05) is 13.0 Å². The average Bonchev–Trinajstić information content (AvgIpc) is 2.46. The van der Waals surface area contributed by atoms with Crippen LogP contribution in [0.25, 0.3) is 22.1 Å². The van der Waals surface area contributed by atoms with E-state index < -0.39 is 5.97 Å². The van der Waals surface area contributed by atoms with Crippen LogP contribution in [-0.2, 0) is 6.42 Å². The van der Waals surface area contributed by atoms with Crippen molar-refractivity contribution in [2.45, 2.75) is 13.3 Å². The number of nitrogens with zero attached hydrogens (tertiary/aromatic N) is 1. The van der Waals surface area contributed by atoms with Crippen molar-refractivity contribution in [1.82, 2.24) is 4.98 Å². The smallest absolute Gasteiger partial charge is 0.337 e. The molecular weight excluding hydrogens is 258 g/mol. The monoisotopic (exact) mass is 269 g/mol. The fourth-order valence-electron chi connectivity index (χ4n) is 2.12. The van der Waals surface area contributed by atoms with Gasteiger partial charge in [0.05, 0.1) is 10.9 Å². The zero-order valence-electron chi connectivity index (χ0n) is 10.7. The van der Waals surface area contributed by atoms with Crippen LogP contribution in [-0.4, -0.2) is 16.1 Å². The molecule has 20 heavy (non-hydrogen) atoms. The molecule has 2 heterocycles. The van der Waals surface area contributed by atoms with Gasteiger partial charge in [0.2, 0.25) is 5.43 Å². The Hall–Kier alpha value is -2.69. The third-order valence-corrected chi connectivity index (χ3v) is 3.23. The van der Waals surface area contributed by atoms with Gasteiger partial charge in [0.15, 0.2) is 11.1 Å². The first-order valence-corrected chi connectivity index (χ1v) is 6.19. The molecule has 1 aromatic carbocycles. The Labute approximate surface area is 113 Å². The van der Waals surface area contributed by atoms with Crippen LogP contribution in [0.5, 0.6) is 0 Å². The molecule has 0 atom stereocenters. The minimum Gasteiger partial charge on any atom is -0.478 e. The van der Waals surface area contributed by atoms with Crippen molar-refractivity contribution in [2.75, 3.05) is 0 Å². The van der Waals surface area contributed by atoms with E-state index in [1.54, 1.807) is 12.1 Å². The van der Waals surface area contributed by atoms with Gasteiger partial charge in [-0.05, 0) is 30.2 Å². The number of aryl methyl sites for hydroxylation is 1. The number of hydrogen-bond acceptors (Lipinski definition) is 4. The van der Waals surface area contributed by atoms with Gasteiger partial charge in [0, 0.05) is 6.20 Å². The molecule has 0 aliphatic carbocycles. The van der Waals surface area contributed by atoms with Gasteiger partial charge < -0.3 is 9.52 Å². The molecule has 3 aromatic rings. The number of benzene rings is 1. The first-order valence-electron chi connectivity index (χ1n) is 6.19. The summed E-state index contributed by atoms with van der Waals surface area (Å²) in [6, 6.07) is 6.71. The Bertz CT molecular complexity index is 895. The molecule has 0 bridgehead atoms. The Balaban J connectivity index is 2.40. The quantitative estimate of drug-likeness (QED) is 0.723. The van der Waals surface area contributed by atoms with Gasteiger partial charge in [-0.25, -0.2) is 9.78 Å². The van der Waals surface area contributed by atoms with Crippen molar-refractivity contribution in [1.29, 1.82) is 0 Å². The van der Waals surface area contributed by atoms with Gasteiger partial charge in [-0.1, -0.05) is 13.0 Å². The highest BCUT2D eigenvalue weighted by atomic mass is 16.4. The van der Waals surface area contributed by atoms with Crippen molar-refractivity contribution in [2.24, 2.45) is 0 Å². The Morgan fingerprint density at radius 2 is 2.10 bits per heavy atom. The number of rotatable bonds is 2. The number of carboxylic acids is 1. The number of carboxylic acid groups (broad SMARTS) is 1. The fraction of sp³-hybridized carbons (Fsp3) is 0.133. The van der Waals surface area contributed by atoms with Crippen LogP contribution in [0.3, 0.4) is 0 Å². The summed E-state index contributed by atoms with van der Waals surface area (Å²) in [4.78, 5) is 27.2.